The molecule has 2 N–H and O–H groups in total. The van der Waals surface area contributed by atoms with Crippen LogP contribution in [0, 0.1) is 6.92 Å². The maximum atomic E-state index is 12.7. The van der Waals surface area contributed by atoms with Crippen molar-refractivity contribution >= 4 is 21.4 Å². The lowest BCUT2D eigenvalue weighted by atomic mass is 10.3. The van der Waals surface area contributed by atoms with Crippen LogP contribution in [0.25, 0.3) is 0 Å². The normalized spacial score (nSPS) is 18.9. The van der Waals surface area contributed by atoms with E-state index < -0.39 is 30.8 Å². The zero-order valence-electron chi connectivity index (χ0n) is 9.09. The van der Waals surface area contributed by atoms with Crippen LogP contribution in [0.5, 0.6) is 0 Å². The summed E-state index contributed by atoms with van der Waals surface area (Å²) in [4.78, 5) is 12.6. The maximum absolute atomic E-state index is 12.7. The van der Waals surface area contributed by atoms with Gasteiger partial charge in [0, 0.05) is 5.69 Å². The maximum Gasteiger partial charge on any atom is 0.407 e. The van der Waals surface area contributed by atoms with Gasteiger partial charge in [-0.2, -0.15) is 17.9 Å². The summed E-state index contributed by atoms with van der Waals surface area (Å²) in [6, 6.07) is 0. The number of alkyl halides is 3. The third-order valence-corrected chi connectivity index (χ3v) is 5.79. The second-order valence-corrected chi connectivity index (χ2v) is 6.97. The molecule has 1 aromatic rings. The number of aryl methyl sites for hydroxylation is 1. The zero-order chi connectivity index (χ0) is 13.8. The fourth-order valence-corrected chi connectivity index (χ4v) is 4.27. The Hall–Kier alpha value is -0.870. The van der Waals surface area contributed by atoms with Crippen LogP contribution in [0.15, 0.2) is 9.00 Å². The molecule has 1 aliphatic rings. The first-order chi connectivity index (χ1) is 8.07. The van der Waals surface area contributed by atoms with Gasteiger partial charge >= 0.3 is 11.0 Å². The van der Waals surface area contributed by atoms with E-state index in [-0.39, 0.29) is 18.5 Å². The summed E-state index contributed by atoms with van der Waals surface area (Å²) in [6.07, 6.45) is -5.20. The van der Waals surface area contributed by atoms with Crippen molar-refractivity contribution in [2.45, 2.75) is 35.7 Å². The van der Waals surface area contributed by atoms with Gasteiger partial charge in [-0.25, -0.2) is 8.42 Å². The summed E-state index contributed by atoms with van der Waals surface area (Å²) in [6.45, 7) is 1.32. The molecule has 0 amide bonds. The van der Waals surface area contributed by atoms with Gasteiger partial charge in [0.2, 0.25) is 0 Å². The lowest BCUT2D eigenvalue weighted by Gasteiger charge is -2.20. The SMILES string of the molecule is Cc1[nH]c(=O)sc1S(=O)(=O)NC1(C(F)(F)F)CC1. The molecule has 0 spiro atoms. The van der Waals surface area contributed by atoms with Crippen LogP contribution in [0.2, 0.25) is 0 Å². The average Bonchev–Trinajstić information content (AvgIpc) is 2.85. The number of hydrogen-bond donors (Lipinski definition) is 2. The number of nitrogens with one attached hydrogen (secondary N) is 2. The lowest BCUT2D eigenvalue weighted by molar-refractivity contribution is -0.160. The molecule has 5 nitrogen and oxygen atoms in total. The first-order valence-corrected chi connectivity index (χ1v) is 7.18. The van der Waals surface area contributed by atoms with Crippen LogP contribution in [0.1, 0.15) is 18.5 Å². The van der Waals surface area contributed by atoms with Crippen LogP contribution in [-0.2, 0) is 10.0 Å². The Balaban J connectivity index is 2.35. The molecule has 1 heterocycles. The molecule has 18 heavy (non-hydrogen) atoms. The number of thiazole rings is 1. The molecule has 1 aliphatic carbocycles. The molecule has 0 aromatic carbocycles. The van der Waals surface area contributed by atoms with E-state index in [1.54, 1.807) is 4.72 Å². The molecule has 0 aliphatic heterocycles. The van der Waals surface area contributed by atoms with E-state index in [9.17, 15) is 26.4 Å². The fourth-order valence-electron chi connectivity index (χ4n) is 1.52. The number of sulfonamides is 1. The minimum atomic E-state index is -4.63. The summed E-state index contributed by atoms with van der Waals surface area (Å²) in [5, 5.41) is 0. The predicted molar refractivity (Wildman–Crippen MR) is 58.0 cm³/mol. The van der Waals surface area contributed by atoms with Gasteiger partial charge < -0.3 is 4.98 Å². The van der Waals surface area contributed by atoms with Crippen molar-refractivity contribution in [3.05, 3.63) is 15.4 Å². The largest absolute Gasteiger partial charge is 0.407 e. The third kappa shape index (κ3) is 2.19. The molecule has 0 unspecified atom stereocenters. The molecule has 2 rings (SSSR count). The molecule has 0 radical (unpaired) electrons. The van der Waals surface area contributed by atoms with Crippen LogP contribution >= 0.6 is 11.3 Å². The first kappa shape index (κ1) is 13.6. The number of halogens is 3. The molecule has 0 atom stereocenters. The van der Waals surface area contributed by atoms with Crippen molar-refractivity contribution < 1.29 is 21.6 Å². The minimum Gasteiger partial charge on any atom is -0.315 e. The summed E-state index contributed by atoms with van der Waals surface area (Å²) in [5.74, 6) is 0. The van der Waals surface area contributed by atoms with Crippen LogP contribution in [-0.4, -0.2) is 25.1 Å². The molecule has 102 valence electrons. The molecule has 0 saturated heterocycles. The van der Waals surface area contributed by atoms with E-state index in [1.165, 1.54) is 6.92 Å². The topological polar surface area (TPSA) is 79.0 Å². The number of H-pyrrole nitrogens is 1. The van der Waals surface area contributed by atoms with E-state index in [0.29, 0.717) is 11.3 Å². The van der Waals surface area contributed by atoms with Crippen molar-refractivity contribution in [3.8, 4) is 0 Å². The fraction of sp³-hybridized carbons (Fsp3) is 0.625. The van der Waals surface area contributed by atoms with Gasteiger partial charge in [-0.3, -0.25) is 4.79 Å². The Morgan fingerprint density at radius 1 is 1.39 bits per heavy atom. The van der Waals surface area contributed by atoms with Crippen molar-refractivity contribution in [1.29, 1.82) is 0 Å². The molecule has 1 fully saturated rings. The zero-order valence-corrected chi connectivity index (χ0v) is 10.7. The summed E-state index contributed by atoms with van der Waals surface area (Å²) >= 11 is 0.371. The number of aromatic nitrogens is 1. The smallest absolute Gasteiger partial charge is 0.315 e. The van der Waals surface area contributed by atoms with Crippen LogP contribution in [0.4, 0.5) is 13.2 Å². The molecular weight excluding hydrogens is 293 g/mol. The third-order valence-electron chi connectivity index (χ3n) is 2.65. The molecule has 1 aromatic heterocycles. The van der Waals surface area contributed by atoms with Gasteiger partial charge in [0.05, 0.1) is 0 Å². The Morgan fingerprint density at radius 3 is 2.28 bits per heavy atom. The van der Waals surface area contributed by atoms with Crippen molar-refractivity contribution in [3.63, 3.8) is 0 Å². The standard InChI is InChI=1S/C8H9F3N2O3S2/c1-4-5(17-6(14)12-4)18(15,16)13-7(2-3-7)8(9,10)11/h13H,2-3H2,1H3,(H,12,14). The monoisotopic (exact) mass is 302 g/mol. The highest BCUT2D eigenvalue weighted by molar-refractivity contribution is 7.91. The molecular formula is C8H9F3N2O3S2. The summed E-state index contributed by atoms with van der Waals surface area (Å²) in [7, 11) is -4.33. The van der Waals surface area contributed by atoms with E-state index in [4.69, 9.17) is 0 Å². The highest BCUT2D eigenvalue weighted by atomic mass is 32.2. The summed E-state index contributed by atoms with van der Waals surface area (Å²) < 4.78 is 62.8. The van der Waals surface area contributed by atoms with Gasteiger partial charge in [0.25, 0.3) is 10.0 Å². The molecule has 10 heteroatoms. The first-order valence-electron chi connectivity index (χ1n) is 4.88. The molecule has 0 bridgehead atoms. The van der Waals surface area contributed by atoms with Gasteiger partial charge in [0.15, 0.2) is 4.21 Å². The van der Waals surface area contributed by atoms with Crippen molar-refractivity contribution in [2.24, 2.45) is 0 Å². The number of hydrogen-bond acceptors (Lipinski definition) is 4. The molecule has 1 saturated carbocycles. The second kappa shape index (κ2) is 3.81. The highest BCUT2D eigenvalue weighted by Gasteiger charge is 2.65. The summed E-state index contributed by atoms with van der Waals surface area (Å²) in [5.41, 5.74) is -2.33. The number of rotatable bonds is 3. The van der Waals surface area contributed by atoms with E-state index in [2.05, 4.69) is 4.98 Å². The Kier molecular flexibility index (Phi) is 2.87. The van der Waals surface area contributed by atoms with Gasteiger partial charge in [-0.1, -0.05) is 11.3 Å². The van der Waals surface area contributed by atoms with Crippen LogP contribution < -0.4 is 9.60 Å². The second-order valence-electron chi connectivity index (χ2n) is 4.11. The quantitative estimate of drug-likeness (QED) is 0.878. The van der Waals surface area contributed by atoms with Crippen molar-refractivity contribution in [1.82, 2.24) is 9.71 Å². The lowest BCUT2D eigenvalue weighted by Crippen LogP contribution is -2.47. The van der Waals surface area contributed by atoms with Gasteiger partial charge in [-0.05, 0) is 19.8 Å². The van der Waals surface area contributed by atoms with E-state index in [0.717, 1.165) is 0 Å². The Bertz CT molecular complexity index is 625. The minimum absolute atomic E-state index is 0.0375. The van der Waals surface area contributed by atoms with Crippen LogP contribution in [0.3, 0.4) is 0 Å². The average molecular weight is 302 g/mol. The highest BCUT2D eigenvalue weighted by Crippen LogP contribution is 2.49. The van der Waals surface area contributed by atoms with E-state index in [1.807, 2.05) is 0 Å². The van der Waals surface area contributed by atoms with Gasteiger partial charge in [0.1, 0.15) is 5.54 Å². The van der Waals surface area contributed by atoms with E-state index >= 15 is 0 Å². The Morgan fingerprint density at radius 2 is 1.94 bits per heavy atom. The number of aromatic amines is 1. The Labute approximate surface area is 104 Å². The van der Waals surface area contributed by atoms with Crippen molar-refractivity contribution in [2.75, 3.05) is 0 Å². The predicted octanol–water partition coefficient (Wildman–Crippen LogP) is 1.12. The van der Waals surface area contributed by atoms with Gasteiger partial charge in [-0.15, -0.1) is 0 Å².